The molecule has 0 aliphatic carbocycles. The molecule has 0 spiro atoms. The molecule has 3 aromatic carbocycles. The van der Waals surface area contributed by atoms with Crippen molar-refractivity contribution >= 4 is 38.5 Å². The Kier molecular flexibility index (Phi) is 2.21. The van der Waals surface area contributed by atoms with Crippen molar-refractivity contribution < 1.29 is 9.21 Å². The SMILES string of the molecule is CC(=O)c1ccc2c(c1)oc1ccc3ccccc3c12. The van der Waals surface area contributed by atoms with Gasteiger partial charge in [0.1, 0.15) is 11.2 Å². The van der Waals surface area contributed by atoms with Crippen LogP contribution in [0.2, 0.25) is 0 Å². The van der Waals surface area contributed by atoms with E-state index in [-0.39, 0.29) is 5.78 Å². The highest BCUT2D eigenvalue weighted by Crippen LogP contribution is 2.34. The van der Waals surface area contributed by atoms with E-state index in [9.17, 15) is 4.79 Å². The van der Waals surface area contributed by atoms with E-state index in [1.807, 2.05) is 36.4 Å². The molecule has 96 valence electrons. The number of fused-ring (bicyclic) bond motifs is 5. The van der Waals surface area contributed by atoms with Gasteiger partial charge in [-0.05, 0) is 35.9 Å². The maximum absolute atomic E-state index is 11.5. The molecule has 2 nitrogen and oxygen atoms in total. The first-order chi connectivity index (χ1) is 9.74. The molecule has 1 aromatic heterocycles. The third-order valence-corrected chi connectivity index (χ3v) is 3.77. The van der Waals surface area contributed by atoms with Crippen molar-refractivity contribution in [2.24, 2.45) is 0 Å². The van der Waals surface area contributed by atoms with Crippen LogP contribution < -0.4 is 0 Å². The fourth-order valence-corrected chi connectivity index (χ4v) is 2.77. The van der Waals surface area contributed by atoms with Crippen LogP contribution in [0.3, 0.4) is 0 Å². The maximum Gasteiger partial charge on any atom is 0.159 e. The van der Waals surface area contributed by atoms with Gasteiger partial charge < -0.3 is 4.42 Å². The van der Waals surface area contributed by atoms with Crippen LogP contribution in [0.4, 0.5) is 0 Å². The van der Waals surface area contributed by atoms with E-state index in [1.165, 1.54) is 10.8 Å². The molecular formula is C18H12O2. The predicted molar refractivity (Wildman–Crippen MR) is 81.2 cm³/mol. The lowest BCUT2D eigenvalue weighted by Gasteiger charge is -1.98. The third kappa shape index (κ3) is 1.48. The Hall–Kier alpha value is -2.61. The van der Waals surface area contributed by atoms with Crippen LogP contribution in [0.15, 0.2) is 59.0 Å². The molecule has 0 fully saturated rings. The lowest BCUT2D eigenvalue weighted by Crippen LogP contribution is -1.89. The van der Waals surface area contributed by atoms with Crippen molar-refractivity contribution in [1.82, 2.24) is 0 Å². The van der Waals surface area contributed by atoms with Gasteiger partial charge in [0.15, 0.2) is 5.78 Å². The Bertz CT molecular complexity index is 977. The maximum atomic E-state index is 11.5. The number of benzene rings is 3. The minimum absolute atomic E-state index is 0.0530. The Balaban J connectivity index is 2.20. The van der Waals surface area contributed by atoms with Crippen LogP contribution in [0.1, 0.15) is 17.3 Å². The molecule has 0 aliphatic heterocycles. The fourth-order valence-electron chi connectivity index (χ4n) is 2.77. The van der Waals surface area contributed by atoms with Crippen LogP contribution in [-0.4, -0.2) is 5.78 Å². The normalized spacial score (nSPS) is 11.4. The molecule has 0 saturated carbocycles. The van der Waals surface area contributed by atoms with E-state index >= 15 is 0 Å². The van der Waals surface area contributed by atoms with Gasteiger partial charge in [-0.1, -0.05) is 36.4 Å². The summed E-state index contributed by atoms with van der Waals surface area (Å²) in [5, 5.41) is 4.55. The van der Waals surface area contributed by atoms with Gasteiger partial charge in [0.05, 0.1) is 0 Å². The largest absolute Gasteiger partial charge is 0.456 e. The lowest BCUT2D eigenvalue weighted by atomic mass is 10.0. The van der Waals surface area contributed by atoms with Crippen molar-refractivity contribution in [3.8, 4) is 0 Å². The van der Waals surface area contributed by atoms with Crippen LogP contribution in [-0.2, 0) is 0 Å². The molecule has 0 saturated heterocycles. The lowest BCUT2D eigenvalue weighted by molar-refractivity contribution is 0.101. The Morgan fingerprint density at radius 3 is 2.60 bits per heavy atom. The molecule has 0 amide bonds. The summed E-state index contributed by atoms with van der Waals surface area (Å²) in [4.78, 5) is 11.5. The summed E-state index contributed by atoms with van der Waals surface area (Å²) in [5.41, 5.74) is 2.31. The number of furan rings is 1. The molecule has 20 heavy (non-hydrogen) atoms. The minimum atomic E-state index is 0.0530. The highest BCUT2D eigenvalue weighted by atomic mass is 16.3. The first kappa shape index (κ1) is 11.2. The molecule has 4 aromatic rings. The molecule has 0 bridgehead atoms. The van der Waals surface area contributed by atoms with Gasteiger partial charge in [0, 0.05) is 16.3 Å². The quantitative estimate of drug-likeness (QED) is 0.454. The monoisotopic (exact) mass is 260 g/mol. The number of Topliss-reactive ketones (excluding diaryl/α,β-unsaturated/α-hetero) is 1. The standard InChI is InChI=1S/C18H12O2/c1-11(19)13-6-8-15-17(10-13)20-16-9-7-12-4-2-3-5-14(12)18(15)16/h2-10H,1H3. The van der Waals surface area contributed by atoms with Crippen molar-refractivity contribution in [2.45, 2.75) is 6.92 Å². The molecule has 4 rings (SSSR count). The Morgan fingerprint density at radius 1 is 0.900 bits per heavy atom. The second-order valence-electron chi connectivity index (χ2n) is 5.03. The second-order valence-corrected chi connectivity index (χ2v) is 5.03. The summed E-state index contributed by atoms with van der Waals surface area (Å²) >= 11 is 0. The van der Waals surface area contributed by atoms with E-state index in [0.29, 0.717) is 5.56 Å². The summed E-state index contributed by atoms with van der Waals surface area (Å²) in [7, 11) is 0. The zero-order valence-electron chi connectivity index (χ0n) is 11.0. The second kappa shape index (κ2) is 3.94. The molecule has 0 N–H and O–H groups in total. The molecule has 0 aliphatic rings. The van der Waals surface area contributed by atoms with Gasteiger partial charge in [-0.25, -0.2) is 0 Å². The van der Waals surface area contributed by atoms with E-state index < -0.39 is 0 Å². The van der Waals surface area contributed by atoms with Gasteiger partial charge in [0.25, 0.3) is 0 Å². The van der Waals surface area contributed by atoms with Crippen molar-refractivity contribution in [3.63, 3.8) is 0 Å². The van der Waals surface area contributed by atoms with Gasteiger partial charge in [-0.2, -0.15) is 0 Å². The number of ketones is 1. The van der Waals surface area contributed by atoms with Crippen LogP contribution >= 0.6 is 0 Å². The molecule has 0 unspecified atom stereocenters. The Labute approximate surface area is 115 Å². The molecule has 2 heteroatoms. The number of rotatable bonds is 1. The van der Waals surface area contributed by atoms with Crippen molar-refractivity contribution in [1.29, 1.82) is 0 Å². The van der Waals surface area contributed by atoms with E-state index in [2.05, 4.69) is 18.2 Å². The van der Waals surface area contributed by atoms with Gasteiger partial charge in [0.2, 0.25) is 0 Å². The summed E-state index contributed by atoms with van der Waals surface area (Å²) in [6.45, 7) is 1.57. The van der Waals surface area contributed by atoms with Gasteiger partial charge >= 0.3 is 0 Å². The minimum Gasteiger partial charge on any atom is -0.456 e. The average Bonchev–Trinajstić information content (AvgIpc) is 2.85. The average molecular weight is 260 g/mol. The van der Waals surface area contributed by atoms with Crippen LogP contribution in [0.5, 0.6) is 0 Å². The number of carbonyl (C=O) groups is 1. The van der Waals surface area contributed by atoms with E-state index in [4.69, 9.17) is 4.42 Å². The number of carbonyl (C=O) groups excluding carboxylic acids is 1. The van der Waals surface area contributed by atoms with Gasteiger partial charge in [-0.3, -0.25) is 4.79 Å². The molecule has 0 radical (unpaired) electrons. The highest BCUT2D eigenvalue weighted by molar-refractivity contribution is 6.19. The highest BCUT2D eigenvalue weighted by Gasteiger charge is 2.11. The molecule has 0 atom stereocenters. The Morgan fingerprint density at radius 2 is 1.75 bits per heavy atom. The number of hydrogen-bond donors (Lipinski definition) is 0. The topological polar surface area (TPSA) is 30.2 Å². The van der Waals surface area contributed by atoms with Crippen LogP contribution in [0.25, 0.3) is 32.7 Å². The van der Waals surface area contributed by atoms with Gasteiger partial charge in [-0.15, -0.1) is 0 Å². The first-order valence-corrected chi connectivity index (χ1v) is 6.59. The predicted octanol–water partition coefficient (Wildman–Crippen LogP) is 4.94. The van der Waals surface area contributed by atoms with Crippen molar-refractivity contribution in [2.75, 3.05) is 0 Å². The molecule has 1 heterocycles. The third-order valence-electron chi connectivity index (χ3n) is 3.77. The summed E-state index contributed by atoms with van der Waals surface area (Å²) in [6, 6.07) is 18.0. The summed E-state index contributed by atoms with van der Waals surface area (Å²) in [5.74, 6) is 0.0530. The fraction of sp³-hybridized carbons (Fsp3) is 0.0556. The summed E-state index contributed by atoms with van der Waals surface area (Å²) in [6.07, 6.45) is 0. The van der Waals surface area contributed by atoms with Crippen LogP contribution in [0, 0.1) is 0 Å². The van der Waals surface area contributed by atoms with E-state index in [0.717, 1.165) is 21.9 Å². The zero-order chi connectivity index (χ0) is 13.7. The smallest absolute Gasteiger partial charge is 0.159 e. The van der Waals surface area contributed by atoms with Crippen molar-refractivity contribution in [3.05, 3.63) is 60.2 Å². The number of hydrogen-bond acceptors (Lipinski definition) is 2. The van der Waals surface area contributed by atoms with E-state index in [1.54, 1.807) is 6.92 Å². The first-order valence-electron chi connectivity index (χ1n) is 6.59. The summed E-state index contributed by atoms with van der Waals surface area (Å²) < 4.78 is 5.90. The zero-order valence-corrected chi connectivity index (χ0v) is 11.0. The molecular weight excluding hydrogens is 248 g/mol.